The average Bonchev–Trinajstić information content (AvgIpc) is 4.27. The van der Waals surface area contributed by atoms with Crippen molar-refractivity contribution < 1.29 is 0 Å². The number of halogens is 3. The van der Waals surface area contributed by atoms with E-state index in [1.54, 1.807) is 0 Å². The second-order valence-electron chi connectivity index (χ2n) is 19.0. The fourth-order valence-electron chi connectivity index (χ4n) is 10.3. The maximum atomic E-state index is 3.53. The summed E-state index contributed by atoms with van der Waals surface area (Å²) in [6, 6.07) is 107. The van der Waals surface area contributed by atoms with E-state index in [2.05, 4.69) is 359 Å². The number of anilines is 5. The van der Waals surface area contributed by atoms with Crippen LogP contribution >= 0.6 is 54.5 Å². The maximum Gasteiger partial charge on any atom is 0.0541 e. The van der Waals surface area contributed by atoms with Gasteiger partial charge in [0.05, 0.1) is 22.1 Å². The van der Waals surface area contributed by atoms with E-state index >= 15 is 0 Å². The van der Waals surface area contributed by atoms with Crippen LogP contribution in [0.2, 0.25) is 0 Å². The van der Waals surface area contributed by atoms with Crippen LogP contribution in [-0.2, 0) is 0 Å². The normalized spacial score (nSPS) is 11.0. The monoisotopic (exact) mass is 1260 g/mol. The molecule has 0 saturated carbocycles. The van der Waals surface area contributed by atoms with Gasteiger partial charge in [0.1, 0.15) is 0 Å². The van der Waals surface area contributed by atoms with Gasteiger partial charge >= 0.3 is 0 Å². The summed E-state index contributed by atoms with van der Waals surface area (Å²) in [5.41, 5.74) is 17.7. The third kappa shape index (κ3) is 11.3. The van der Waals surface area contributed by atoms with Crippen LogP contribution < -0.4 is 10.2 Å². The van der Waals surface area contributed by atoms with Crippen molar-refractivity contribution in [3.05, 3.63) is 316 Å². The lowest BCUT2D eigenvalue weighted by Gasteiger charge is -2.26. The van der Waals surface area contributed by atoms with Gasteiger partial charge < -0.3 is 19.4 Å². The van der Waals surface area contributed by atoms with Crippen molar-refractivity contribution in [2.24, 2.45) is 0 Å². The van der Waals surface area contributed by atoms with Crippen LogP contribution in [0.15, 0.2) is 312 Å². The Bertz CT molecular complexity index is 4160. The van der Waals surface area contributed by atoms with Crippen molar-refractivity contribution in [1.29, 1.82) is 0 Å². The maximum absolute atomic E-state index is 3.53. The highest BCUT2D eigenvalue weighted by Crippen LogP contribution is 2.38. The lowest BCUT2D eigenvalue weighted by Crippen LogP contribution is -2.10. The molecule has 0 aliphatic carbocycles. The molecule has 4 nitrogen and oxygen atoms in total. The van der Waals surface area contributed by atoms with Crippen molar-refractivity contribution in [2.75, 3.05) is 10.2 Å². The molecular formula is C72H51Br2IN4. The fourth-order valence-corrected chi connectivity index (χ4v) is 11.2. The van der Waals surface area contributed by atoms with Crippen molar-refractivity contribution >= 4 is 126 Å². The second-order valence-corrected chi connectivity index (χ2v) is 22.1. The Morgan fingerprint density at radius 2 is 0.570 bits per heavy atom. The summed E-state index contributed by atoms with van der Waals surface area (Å²) in [6.45, 7) is 0. The van der Waals surface area contributed by atoms with E-state index in [0.29, 0.717) is 0 Å². The number of fused-ring (bicyclic) bond motifs is 6. The molecular weight excluding hydrogens is 1210 g/mol. The van der Waals surface area contributed by atoms with Crippen LogP contribution in [0.4, 0.5) is 28.4 Å². The molecule has 14 rings (SSSR count). The summed E-state index contributed by atoms with van der Waals surface area (Å²) >= 11 is 9.28. The van der Waals surface area contributed by atoms with Gasteiger partial charge in [-0.2, -0.15) is 0 Å². The molecule has 12 aromatic carbocycles. The Labute approximate surface area is 491 Å². The van der Waals surface area contributed by atoms with Crippen LogP contribution in [0.25, 0.3) is 77.2 Å². The summed E-state index contributed by atoms with van der Waals surface area (Å²) in [5, 5.41) is 8.56. The minimum Gasteiger partial charge on any atom is -0.356 e. The van der Waals surface area contributed by atoms with Crippen LogP contribution in [0.3, 0.4) is 0 Å². The number of nitrogens with one attached hydrogen (secondary N) is 1. The zero-order valence-corrected chi connectivity index (χ0v) is 48.2. The number of nitrogens with zero attached hydrogens (tertiary/aromatic N) is 3. The van der Waals surface area contributed by atoms with Crippen molar-refractivity contribution in [3.63, 3.8) is 0 Å². The highest BCUT2D eigenvalue weighted by molar-refractivity contribution is 14.1. The Morgan fingerprint density at radius 3 is 0.975 bits per heavy atom. The molecule has 0 radical (unpaired) electrons. The highest BCUT2D eigenvalue weighted by atomic mass is 127. The molecule has 79 heavy (non-hydrogen) atoms. The molecule has 7 heteroatoms. The molecule has 14 aromatic rings. The number of hydrogen-bond donors (Lipinski definition) is 1. The van der Waals surface area contributed by atoms with E-state index in [0.717, 1.165) is 43.1 Å². The van der Waals surface area contributed by atoms with Crippen LogP contribution in [-0.4, -0.2) is 9.13 Å². The number of para-hydroxylation sites is 6. The zero-order valence-electron chi connectivity index (χ0n) is 42.8. The highest BCUT2D eigenvalue weighted by Gasteiger charge is 2.16. The molecule has 380 valence electrons. The smallest absolute Gasteiger partial charge is 0.0541 e. The third-order valence-corrected chi connectivity index (χ3v) is 15.8. The predicted octanol–water partition coefficient (Wildman–Crippen LogP) is 21.9. The van der Waals surface area contributed by atoms with Crippen LogP contribution in [0, 0.1) is 3.57 Å². The van der Waals surface area contributed by atoms with Crippen LogP contribution in [0.5, 0.6) is 0 Å². The second kappa shape index (κ2) is 23.6. The van der Waals surface area contributed by atoms with Gasteiger partial charge in [-0.25, -0.2) is 0 Å². The minimum absolute atomic E-state index is 1.08. The lowest BCUT2D eigenvalue weighted by atomic mass is 10.0. The van der Waals surface area contributed by atoms with Crippen LogP contribution in [0.1, 0.15) is 0 Å². The molecule has 0 bridgehead atoms. The van der Waals surface area contributed by atoms with Crippen molar-refractivity contribution in [2.45, 2.75) is 0 Å². The van der Waals surface area contributed by atoms with Gasteiger partial charge in [-0.05, 0) is 190 Å². The van der Waals surface area contributed by atoms with E-state index in [9.17, 15) is 0 Å². The Kier molecular flexibility index (Phi) is 15.3. The van der Waals surface area contributed by atoms with E-state index in [4.69, 9.17) is 0 Å². The van der Waals surface area contributed by atoms with Crippen molar-refractivity contribution in [1.82, 2.24) is 9.13 Å². The molecule has 0 aliphatic rings. The molecule has 1 N–H and O–H groups in total. The van der Waals surface area contributed by atoms with Gasteiger partial charge in [0, 0.05) is 73.9 Å². The molecule has 2 aromatic heterocycles. The Balaban J connectivity index is 0.000000133. The van der Waals surface area contributed by atoms with Crippen molar-refractivity contribution in [3.8, 4) is 33.6 Å². The Hall–Kier alpha value is -8.47. The fraction of sp³-hybridized carbons (Fsp3) is 0. The van der Waals surface area contributed by atoms with E-state index < -0.39 is 0 Å². The van der Waals surface area contributed by atoms with E-state index in [-0.39, 0.29) is 0 Å². The third-order valence-electron chi connectivity index (χ3n) is 14.1. The van der Waals surface area contributed by atoms with E-state index in [1.165, 1.54) is 75.1 Å². The van der Waals surface area contributed by atoms with Gasteiger partial charge in [0.2, 0.25) is 0 Å². The number of aromatic nitrogens is 2. The van der Waals surface area contributed by atoms with Gasteiger partial charge in [-0.3, -0.25) is 0 Å². The minimum atomic E-state index is 1.08. The number of hydrogen-bond acceptors (Lipinski definition) is 2. The summed E-state index contributed by atoms with van der Waals surface area (Å²) in [6.07, 6.45) is 0. The van der Waals surface area contributed by atoms with Gasteiger partial charge in [-0.1, -0.05) is 190 Å². The lowest BCUT2D eigenvalue weighted by molar-refractivity contribution is 1.17. The van der Waals surface area contributed by atoms with E-state index in [1.807, 2.05) is 18.2 Å². The first-order valence-electron chi connectivity index (χ1n) is 26.1. The summed E-state index contributed by atoms with van der Waals surface area (Å²) in [7, 11) is 0. The first kappa shape index (κ1) is 51.3. The van der Waals surface area contributed by atoms with Gasteiger partial charge in [0.15, 0.2) is 0 Å². The largest absolute Gasteiger partial charge is 0.356 e. The molecule has 0 atom stereocenters. The molecule has 0 saturated heterocycles. The summed E-state index contributed by atoms with van der Waals surface area (Å²) < 4.78 is 8.16. The first-order chi connectivity index (χ1) is 38.9. The average molecular weight is 1260 g/mol. The molecule has 0 unspecified atom stereocenters. The predicted molar refractivity (Wildman–Crippen MR) is 351 cm³/mol. The standard InChI is InChI=1S/C36H25BrN2.C24H18N2.C12H8BrI/c37-28-18-14-26(15-19-28)27-16-20-30(21-17-27)38(29-8-2-1-3-9-29)31-22-24-32(25-23-31)39-35-12-6-4-10-33(35)34-11-5-7-13-36(34)39;1-2-8-18(9-3-1)25-19-14-16-20(17-15-19)26-23-12-6-4-10-21(23)22-11-5-7-13-24(22)26;13-11-5-1-9(2-6-11)10-3-7-12(14)8-4-10/h1-25H;1-17,25H;1-8H. The SMILES string of the molecule is Brc1ccc(-c2ccc(I)cc2)cc1.Brc1ccc(-c2ccc(N(c3ccccc3)c3ccc(-n4c5ccccc5c5ccccc54)cc3)cc2)cc1.c1ccc(Nc2ccc(-n3c4ccccc4c4ccccc43)cc2)cc1. The topological polar surface area (TPSA) is 25.1 Å². The van der Waals surface area contributed by atoms with Gasteiger partial charge in [-0.15, -0.1) is 0 Å². The molecule has 0 amide bonds. The number of rotatable bonds is 9. The zero-order chi connectivity index (χ0) is 53.5. The first-order valence-corrected chi connectivity index (χ1v) is 28.8. The number of benzene rings is 12. The summed E-state index contributed by atoms with van der Waals surface area (Å²) in [5.74, 6) is 0. The Morgan fingerprint density at radius 1 is 0.278 bits per heavy atom. The molecule has 0 fully saturated rings. The summed E-state index contributed by atoms with van der Waals surface area (Å²) in [4.78, 5) is 2.31. The van der Waals surface area contributed by atoms with Gasteiger partial charge in [0.25, 0.3) is 0 Å². The molecule has 2 heterocycles. The molecule has 0 aliphatic heterocycles. The quantitative estimate of drug-likeness (QED) is 0.146. The molecule has 0 spiro atoms.